The van der Waals surface area contributed by atoms with Crippen molar-refractivity contribution >= 4 is 17.3 Å². The molecule has 0 atom stereocenters. The fourth-order valence-electron chi connectivity index (χ4n) is 3.77. The monoisotopic (exact) mass is 422 g/mol. The van der Waals surface area contributed by atoms with Crippen molar-refractivity contribution in [1.82, 2.24) is 0 Å². The van der Waals surface area contributed by atoms with Crippen LogP contribution >= 0.6 is 0 Å². The summed E-state index contributed by atoms with van der Waals surface area (Å²) in [5, 5.41) is 0. The van der Waals surface area contributed by atoms with Gasteiger partial charge in [0.1, 0.15) is 0 Å². The fraction of sp³-hybridized carbons (Fsp3) is 0.107. The summed E-state index contributed by atoms with van der Waals surface area (Å²) in [7, 11) is 1.41. The van der Waals surface area contributed by atoms with E-state index in [-0.39, 0.29) is 5.97 Å². The Balaban J connectivity index is 1.62. The highest BCUT2D eigenvalue weighted by Gasteiger charge is 2.10. The summed E-state index contributed by atoms with van der Waals surface area (Å²) >= 11 is 0. The Bertz CT molecular complexity index is 1210. The number of nitrogens with two attached hydrogens (primary N) is 2. The molecule has 4 N–H and O–H groups in total. The molecule has 4 rings (SSSR count). The van der Waals surface area contributed by atoms with Gasteiger partial charge < -0.3 is 16.2 Å². The second-order valence-corrected chi connectivity index (χ2v) is 7.78. The van der Waals surface area contributed by atoms with E-state index in [1.54, 1.807) is 0 Å². The fourth-order valence-corrected chi connectivity index (χ4v) is 3.77. The first kappa shape index (κ1) is 21.2. The molecule has 0 aliphatic heterocycles. The molecule has 0 aromatic heterocycles. The summed E-state index contributed by atoms with van der Waals surface area (Å²) in [5.74, 6) is -0.199. The minimum Gasteiger partial charge on any atom is -0.469 e. The molecule has 0 radical (unpaired) electrons. The number of ether oxygens (including phenoxy) is 1. The lowest BCUT2D eigenvalue weighted by Crippen LogP contribution is -2.01. The standard InChI is InChI=1S/C28H26N2O2/c1-32-28(31)17-4-19-2-5-23(6-3-19)27-18-25(30)15-16-26(27)22-9-7-20(8-10-22)21-11-13-24(29)14-12-21/h2-3,5-16,18H,4,17,29-30H2,1H3. The number of benzene rings is 4. The van der Waals surface area contributed by atoms with Crippen LogP contribution in [-0.2, 0) is 16.0 Å². The predicted octanol–water partition coefficient (Wildman–Crippen LogP) is 5.96. The van der Waals surface area contributed by atoms with Crippen LogP contribution in [0.2, 0.25) is 0 Å². The van der Waals surface area contributed by atoms with Crippen LogP contribution in [0.5, 0.6) is 0 Å². The molecule has 4 aromatic rings. The van der Waals surface area contributed by atoms with Crippen molar-refractivity contribution < 1.29 is 9.53 Å². The smallest absolute Gasteiger partial charge is 0.305 e. The third kappa shape index (κ3) is 4.81. The van der Waals surface area contributed by atoms with Gasteiger partial charge in [0.2, 0.25) is 0 Å². The molecule has 160 valence electrons. The van der Waals surface area contributed by atoms with Crippen molar-refractivity contribution in [2.75, 3.05) is 18.6 Å². The maximum atomic E-state index is 11.4. The number of nitrogen functional groups attached to an aromatic ring is 2. The largest absolute Gasteiger partial charge is 0.469 e. The van der Waals surface area contributed by atoms with Gasteiger partial charge in [-0.1, -0.05) is 66.7 Å². The molecule has 0 unspecified atom stereocenters. The lowest BCUT2D eigenvalue weighted by atomic mass is 9.92. The molecule has 32 heavy (non-hydrogen) atoms. The molecule has 4 heteroatoms. The highest BCUT2D eigenvalue weighted by molar-refractivity contribution is 5.86. The van der Waals surface area contributed by atoms with Crippen molar-refractivity contribution in [1.29, 1.82) is 0 Å². The van der Waals surface area contributed by atoms with Crippen molar-refractivity contribution in [3.8, 4) is 33.4 Å². The number of methoxy groups -OCH3 is 1. The van der Waals surface area contributed by atoms with Crippen molar-refractivity contribution in [3.63, 3.8) is 0 Å². The Morgan fingerprint density at radius 1 is 0.656 bits per heavy atom. The van der Waals surface area contributed by atoms with Crippen LogP contribution in [0, 0.1) is 0 Å². The molecule has 0 bridgehead atoms. The SMILES string of the molecule is COC(=O)CCc1ccc(-c2cc(N)ccc2-c2ccc(-c3ccc(N)cc3)cc2)cc1. The van der Waals surface area contributed by atoms with Crippen LogP contribution in [0.15, 0.2) is 91.0 Å². The molecule has 0 saturated heterocycles. The summed E-state index contributed by atoms with van der Waals surface area (Å²) in [4.78, 5) is 11.4. The Morgan fingerprint density at radius 2 is 1.16 bits per heavy atom. The molecule has 4 nitrogen and oxygen atoms in total. The number of aryl methyl sites for hydroxylation is 1. The number of hydrogen-bond donors (Lipinski definition) is 2. The zero-order valence-corrected chi connectivity index (χ0v) is 18.0. The number of carbonyl (C=O) groups is 1. The second-order valence-electron chi connectivity index (χ2n) is 7.78. The zero-order valence-electron chi connectivity index (χ0n) is 18.0. The highest BCUT2D eigenvalue weighted by Crippen LogP contribution is 2.35. The minimum absolute atomic E-state index is 0.199. The second kappa shape index (κ2) is 9.40. The van der Waals surface area contributed by atoms with Crippen molar-refractivity contribution in [3.05, 3.63) is 96.6 Å². The Hall–Kier alpha value is -4.05. The number of anilines is 2. The van der Waals surface area contributed by atoms with E-state index in [9.17, 15) is 4.79 Å². The molecule has 0 amide bonds. The first-order chi connectivity index (χ1) is 15.5. The topological polar surface area (TPSA) is 78.3 Å². The average molecular weight is 423 g/mol. The van der Waals surface area contributed by atoms with E-state index in [4.69, 9.17) is 16.2 Å². The van der Waals surface area contributed by atoms with Gasteiger partial charge >= 0.3 is 5.97 Å². The first-order valence-electron chi connectivity index (χ1n) is 10.6. The summed E-state index contributed by atoms with van der Waals surface area (Å²) in [6.45, 7) is 0. The van der Waals surface area contributed by atoms with Gasteiger partial charge in [0.15, 0.2) is 0 Å². The summed E-state index contributed by atoms with van der Waals surface area (Å²) in [5.41, 5.74) is 21.2. The normalized spacial score (nSPS) is 10.7. The molecule has 0 aliphatic rings. The lowest BCUT2D eigenvalue weighted by molar-refractivity contribution is -0.140. The van der Waals surface area contributed by atoms with Crippen LogP contribution in [0.1, 0.15) is 12.0 Å². The van der Waals surface area contributed by atoms with Gasteiger partial charge in [0, 0.05) is 17.8 Å². The number of esters is 1. The van der Waals surface area contributed by atoms with E-state index in [0.717, 1.165) is 50.3 Å². The Kier molecular flexibility index (Phi) is 6.22. The zero-order chi connectivity index (χ0) is 22.5. The lowest BCUT2D eigenvalue weighted by Gasteiger charge is -2.13. The van der Waals surface area contributed by atoms with Crippen LogP contribution in [0.3, 0.4) is 0 Å². The summed E-state index contributed by atoms with van der Waals surface area (Å²) in [6.07, 6.45) is 1.03. The van der Waals surface area contributed by atoms with Gasteiger partial charge in [-0.25, -0.2) is 0 Å². The predicted molar refractivity (Wildman–Crippen MR) is 132 cm³/mol. The molecule has 0 aliphatic carbocycles. The van der Waals surface area contributed by atoms with Gasteiger partial charge in [0.25, 0.3) is 0 Å². The maximum absolute atomic E-state index is 11.4. The first-order valence-corrected chi connectivity index (χ1v) is 10.6. The van der Waals surface area contributed by atoms with Crippen LogP contribution in [0.25, 0.3) is 33.4 Å². The van der Waals surface area contributed by atoms with E-state index in [1.807, 2.05) is 36.4 Å². The van der Waals surface area contributed by atoms with E-state index in [0.29, 0.717) is 12.8 Å². The Labute approximate surface area is 188 Å². The van der Waals surface area contributed by atoms with E-state index < -0.39 is 0 Å². The molecule has 0 saturated carbocycles. The molecule has 0 heterocycles. The molecule has 0 spiro atoms. The van der Waals surface area contributed by atoms with E-state index in [2.05, 4.69) is 54.6 Å². The quantitative estimate of drug-likeness (QED) is 0.297. The number of hydrogen-bond acceptors (Lipinski definition) is 4. The molecule has 0 fully saturated rings. The van der Waals surface area contributed by atoms with Gasteiger partial charge in [-0.15, -0.1) is 0 Å². The van der Waals surface area contributed by atoms with Crippen LogP contribution < -0.4 is 11.5 Å². The summed E-state index contributed by atoms with van der Waals surface area (Å²) < 4.78 is 4.73. The highest BCUT2D eigenvalue weighted by atomic mass is 16.5. The van der Waals surface area contributed by atoms with E-state index in [1.165, 1.54) is 7.11 Å². The van der Waals surface area contributed by atoms with E-state index >= 15 is 0 Å². The number of rotatable bonds is 6. The van der Waals surface area contributed by atoms with Gasteiger partial charge in [-0.05, 0) is 69.6 Å². The maximum Gasteiger partial charge on any atom is 0.305 e. The molecule has 4 aromatic carbocycles. The van der Waals surface area contributed by atoms with Crippen LogP contribution in [0.4, 0.5) is 11.4 Å². The van der Waals surface area contributed by atoms with Crippen molar-refractivity contribution in [2.45, 2.75) is 12.8 Å². The molecular formula is C28H26N2O2. The van der Waals surface area contributed by atoms with Gasteiger partial charge in [0.05, 0.1) is 7.11 Å². The Morgan fingerprint density at radius 3 is 1.78 bits per heavy atom. The van der Waals surface area contributed by atoms with Crippen LogP contribution in [-0.4, -0.2) is 13.1 Å². The minimum atomic E-state index is -0.199. The van der Waals surface area contributed by atoms with Gasteiger partial charge in [-0.2, -0.15) is 0 Å². The summed E-state index contributed by atoms with van der Waals surface area (Å²) in [6, 6.07) is 30.6. The third-order valence-corrected chi connectivity index (χ3v) is 5.59. The molecular weight excluding hydrogens is 396 g/mol. The van der Waals surface area contributed by atoms with Crippen molar-refractivity contribution in [2.24, 2.45) is 0 Å². The third-order valence-electron chi connectivity index (χ3n) is 5.59. The average Bonchev–Trinajstić information content (AvgIpc) is 2.83. The van der Waals surface area contributed by atoms with Gasteiger partial charge in [-0.3, -0.25) is 4.79 Å². The number of carbonyl (C=O) groups excluding carboxylic acids is 1.